The summed E-state index contributed by atoms with van der Waals surface area (Å²) in [5.41, 5.74) is 0. The van der Waals surface area contributed by atoms with Crippen molar-refractivity contribution >= 4 is 40.1 Å². The predicted octanol–water partition coefficient (Wildman–Crippen LogP) is 2.11. The number of carbonyl (C=O) groups excluding carboxylic acids is 1. The van der Waals surface area contributed by atoms with Crippen LogP contribution >= 0.6 is 23.1 Å². The lowest BCUT2D eigenvalue weighted by Gasteiger charge is -2.23. The van der Waals surface area contributed by atoms with Crippen molar-refractivity contribution in [1.82, 2.24) is 10.2 Å². The molecule has 3 rings (SSSR count). The molecule has 0 radical (unpaired) electrons. The minimum atomic E-state index is -0.897. The third-order valence-electron chi connectivity index (χ3n) is 3.95. The Morgan fingerprint density at radius 1 is 1.38 bits per heavy atom. The number of rotatable bonds is 5. The van der Waals surface area contributed by atoms with E-state index in [1.807, 2.05) is 19.1 Å². The topological polar surface area (TPSA) is 92.2 Å². The Balaban J connectivity index is 1.72. The molecule has 8 heteroatoms. The molecule has 1 heterocycles. The first-order chi connectivity index (χ1) is 10.1. The number of aromatic nitrogens is 2. The van der Waals surface area contributed by atoms with Gasteiger partial charge >= 0.3 is 5.97 Å². The number of fused-ring (bicyclic) bond motifs is 2. The minimum Gasteiger partial charge on any atom is -0.481 e. The average molecular weight is 325 g/mol. The highest BCUT2D eigenvalue weighted by Crippen LogP contribution is 2.48. The van der Waals surface area contributed by atoms with Crippen LogP contribution in [0.5, 0.6) is 0 Å². The molecule has 0 aliphatic heterocycles. The van der Waals surface area contributed by atoms with Gasteiger partial charge in [0.2, 0.25) is 11.0 Å². The van der Waals surface area contributed by atoms with Crippen LogP contribution in [0.25, 0.3) is 0 Å². The molecule has 1 saturated carbocycles. The van der Waals surface area contributed by atoms with E-state index in [1.54, 1.807) is 11.8 Å². The third kappa shape index (κ3) is 2.69. The molecule has 1 amide bonds. The summed E-state index contributed by atoms with van der Waals surface area (Å²) in [7, 11) is 0. The summed E-state index contributed by atoms with van der Waals surface area (Å²) in [6, 6.07) is 0. The van der Waals surface area contributed by atoms with Crippen molar-refractivity contribution in [2.45, 2.75) is 17.7 Å². The molecule has 6 nitrogen and oxygen atoms in total. The number of carboxylic acid groups (broad SMARTS) is 1. The van der Waals surface area contributed by atoms with Gasteiger partial charge in [-0.15, -0.1) is 10.2 Å². The zero-order valence-electron chi connectivity index (χ0n) is 11.4. The number of thioether (sulfide) groups is 1. The summed E-state index contributed by atoms with van der Waals surface area (Å²) >= 11 is 2.88. The Hall–Kier alpha value is -1.41. The second-order valence-corrected chi connectivity index (χ2v) is 7.62. The summed E-state index contributed by atoms with van der Waals surface area (Å²) in [5.74, 6) is -1.41. The van der Waals surface area contributed by atoms with Crippen LogP contribution in [0.4, 0.5) is 5.13 Å². The van der Waals surface area contributed by atoms with Gasteiger partial charge in [-0.2, -0.15) is 0 Å². The van der Waals surface area contributed by atoms with Crippen LogP contribution in [0.2, 0.25) is 0 Å². The van der Waals surface area contributed by atoms with E-state index in [9.17, 15) is 14.7 Å². The molecule has 21 heavy (non-hydrogen) atoms. The molecular formula is C13H15N3O3S2. The maximum absolute atomic E-state index is 12.4. The highest BCUT2D eigenvalue weighted by atomic mass is 32.2. The van der Waals surface area contributed by atoms with Crippen LogP contribution in [0, 0.1) is 23.7 Å². The van der Waals surface area contributed by atoms with E-state index in [2.05, 4.69) is 15.5 Å². The molecule has 0 unspecified atom stereocenters. The number of amides is 1. The van der Waals surface area contributed by atoms with Gasteiger partial charge in [-0.25, -0.2) is 0 Å². The summed E-state index contributed by atoms with van der Waals surface area (Å²) in [6.07, 6.45) is 4.64. The average Bonchev–Trinajstić information content (AvgIpc) is 3.13. The van der Waals surface area contributed by atoms with Crippen molar-refractivity contribution in [2.75, 3.05) is 11.1 Å². The minimum absolute atomic E-state index is 0.0218. The fourth-order valence-electron chi connectivity index (χ4n) is 3.15. The Labute approximate surface area is 130 Å². The predicted molar refractivity (Wildman–Crippen MR) is 80.3 cm³/mol. The van der Waals surface area contributed by atoms with E-state index in [0.717, 1.165) is 16.5 Å². The number of hydrogen-bond acceptors (Lipinski definition) is 6. The third-order valence-corrected chi connectivity index (χ3v) is 5.81. The maximum atomic E-state index is 12.4. The highest BCUT2D eigenvalue weighted by Gasteiger charge is 2.51. The van der Waals surface area contributed by atoms with Crippen molar-refractivity contribution in [2.24, 2.45) is 23.7 Å². The first-order valence-electron chi connectivity index (χ1n) is 6.78. The standard InChI is InChI=1S/C13H15N3O3S2/c1-2-20-13-16-15-12(21-13)14-10(17)8-6-3-4-7(5-6)9(8)11(18)19/h3-4,6-9H,2,5H2,1H3,(H,18,19)(H,14,15,17)/t6-,7+,8+,9+/m1/s1. The Bertz CT molecular complexity index is 601. The first-order valence-corrected chi connectivity index (χ1v) is 8.58. The summed E-state index contributed by atoms with van der Waals surface area (Å²) in [4.78, 5) is 23.8. The number of nitrogens with one attached hydrogen (secondary N) is 1. The van der Waals surface area contributed by atoms with Crippen LogP contribution in [0.15, 0.2) is 16.5 Å². The van der Waals surface area contributed by atoms with Gasteiger partial charge in [-0.05, 0) is 24.0 Å². The molecule has 112 valence electrons. The van der Waals surface area contributed by atoms with Crippen LogP contribution in [0.3, 0.4) is 0 Å². The second kappa shape index (κ2) is 5.76. The molecule has 0 aromatic carbocycles. The summed E-state index contributed by atoms with van der Waals surface area (Å²) < 4.78 is 0.801. The number of carbonyl (C=O) groups is 2. The van der Waals surface area contributed by atoms with Crippen LogP contribution < -0.4 is 5.32 Å². The number of allylic oxidation sites excluding steroid dienone is 2. The smallest absolute Gasteiger partial charge is 0.307 e. The molecule has 1 fully saturated rings. The fraction of sp³-hybridized carbons (Fsp3) is 0.538. The molecule has 2 bridgehead atoms. The molecule has 2 N–H and O–H groups in total. The Kier molecular flexibility index (Phi) is 3.99. The van der Waals surface area contributed by atoms with Crippen LogP contribution in [-0.4, -0.2) is 32.9 Å². The molecule has 0 saturated heterocycles. The number of carboxylic acids is 1. The van der Waals surface area contributed by atoms with Crippen molar-refractivity contribution in [3.63, 3.8) is 0 Å². The fourth-order valence-corrected chi connectivity index (χ4v) is 4.80. The van der Waals surface area contributed by atoms with Gasteiger partial charge in [-0.3, -0.25) is 9.59 Å². The van der Waals surface area contributed by atoms with Gasteiger partial charge in [0.1, 0.15) is 0 Å². The second-order valence-electron chi connectivity index (χ2n) is 5.13. The normalized spacial score (nSPS) is 29.8. The van der Waals surface area contributed by atoms with Crippen LogP contribution in [0.1, 0.15) is 13.3 Å². The highest BCUT2D eigenvalue weighted by molar-refractivity contribution is 8.01. The monoisotopic (exact) mass is 325 g/mol. The van der Waals surface area contributed by atoms with Gasteiger partial charge in [0.05, 0.1) is 11.8 Å². The quantitative estimate of drug-likeness (QED) is 0.489. The van der Waals surface area contributed by atoms with Crippen molar-refractivity contribution < 1.29 is 14.7 Å². The lowest BCUT2D eigenvalue weighted by molar-refractivity contribution is -0.146. The number of aliphatic carboxylic acids is 1. The van der Waals surface area contributed by atoms with Gasteiger partial charge < -0.3 is 10.4 Å². The molecule has 4 atom stereocenters. The maximum Gasteiger partial charge on any atom is 0.307 e. The lowest BCUT2D eigenvalue weighted by Crippen LogP contribution is -2.36. The largest absolute Gasteiger partial charge is 0.481 e. The van der Waals surface area contributed by atoms with E-state index in [0.29, 0.717) is 5.13 Å². The summed E-state index contributed by atoms with van der Waals surface area (Å²) in [6.45, 7) is 2.02. The first kappa shape index (κ1) is 14.5. The van der Waals surface area contributed by atoms with E-state index in [-0.39, 0.29) is 17.7 Å². The molecule has 2 aliphatic rings. The van der Waals surface area contributed by atoms with Gasteiger partial charge in [-0.1, -0.05) is 42.2 Å². The number of anilines is 1. The molecule has 1 aromatic heterocycles. The SMILES string of the molecule is CCSc1nnc(NC(=O)[C@@H]2[C@@H](C(=O)O)[C@H]3C=C[C@@H]2C3)s1. The summed E-state index contributed by atoms with van der Waals surface area (Å²) in [5, 5.41) is 20.4. The van der Waals surface area contributed by atoms with Crippen LogP contribution in [-0.2, 0) is 9.59 Å². The van der Waals surface area contributed by atoms with Crippen molar-refractivity contribution in [1.29, 1.82) is 0 Å². The number of nitrogens with zero attached hydrogens (tertiary/aromatic N) is 2. The number of hydrogen-bond donors (Lipinski definition) is 2. The molecule has 0 spiro atoms. The zero-order valence-corrected chi connectivity index (χ0v) is 13.0. The Morgan fingerprint density at radius 2 is 2.10 bits per heavy atom. The van der Waals surface area contributed by atoms with Crippen molar-refractivity contribution in [3.05, 3.63) is 12.2 Å². The molecular weight excluding hydrogens is 310 g/mol. The van der Waals surface area contributed by atoms with E-state index in [1.165, 1.54) is 11.3 Å². The van der Waals surface area contributed by atoms with Gasteiger partial charge in [0.25, 0.3) is 0 Å². The van der Waals surface area contributed by atoms with Gasteiger partial charge in [0.15, 0.2) is 4.34 Å². The molecule has 1 aromatic rings. The van der Waals surface area contributed by atoms with E-state index >= 15 is 0 Å². The zero-order chi connectivity index (χ0) is 15.0. The van der Waals surface area contributed by atoms with Gasteiger partial charge in [0, 0.05) is 0 Å². The van der Waals surface area contributed by atoms with E-state index in [4.69, 9.17) is 0 Å². The lowest BCUT2D eigenvalue weighted by atomic mass is 9.82. The Morgan fingerprint density at radius 3 is 2.76 bits per heavy atom. The van der Waals surface area contributed by atoms with E-state index < -0.39 is 17.8 Å². The van der Waals surface area contributed by atoms with Crippen molar-refractivity contribution in [3.8, 4) is 0 Å². The molecule has 2 aliphatic carbocycles.